The number of nitrogens with zero attached hydrogens (tertiary/aromatic N) is 4. The van der Waals surface area contributed by atoms with Crippen molar-refractivity contribution >= 4 is 23.6 Å². The van der Waals surface area contributed by atoms with Crippen LogP contribution in [0.4, 0.5) is 29.7 Å². The fourth-order valence-corrected chi connectivity index (χ4v) is 3.52. The second-order valence-electron chi connectivity index (χ2n) is 11.0. The van der Waals surface area contributed by atoms with Crippen LogP contribution in [0.25, 0.3) is 22.3 Å². The quantitative estimate of drug-likeness (QED) is 0.250. The number of nitrogen functional groups attached to an aromatic ring is 2. The summed E-state index contributed by atoms with van der Waals surface area (Å²) in [6, 6.07) is 8.82. The molecule has 0 amide bonds. The van der Waals surface area contributed by atoms with Crippen molar-refractivity contribution in [1.82, 2.24) is 19.6 Å². The second-order valence-corrected chi connectivity index (χ2v) is 11.0. The van der Waals surface area contributed by atoms with Gasteiger partial charge in [-0.25, -0.2) is 18.4 Å². The van der Waals surface area contributed by atoms with Crippen molar-refractivity contribution in [2.45, 2.75) is 52.6 Å². The Balaban J connectivity index is 0.000000220. The maximum absolute atomic E-state index is 13.6. The smallest absolute Gasteiger partial charge is 0.435 e. The maximum atomic E-state index is 13.6. The van der Waals surface area contributed by atoms with E-state index in [4.69, 9.17) is 21.3 Å². The van der Waals surface area contributed by atoms with E-state index in [-0.39, 0.29) is 16.8 Å². The van der Waals surface area contributed by atoms with Gasteiger partial charge in [-0.1, -0.05) is 32.9 Å². The Kier molecular flexibility index (Phi) is 8.32. The van der Waals surface area contributed by atoms with Crippen LogP contribution in [0.5, 0.6) is 0 Å². The molecule has 0 radical (unpaired) electrons. The number of anilines is 2. The summed E-state index contributed by atoms with van der Waals surface area (Å²) in [4.78, 5) is 22.9. The Morgan fingerprint density at radius 2 is 1.40 bits per heavy atom. The van der Waals surface area contributed by atoms with E-state index in [1.807, 2.05) is 20.8 Å². The van der Waals surface area contributed by atoms with E-state index in [9.17, 15) is 18.4 Å². The summed E-state index contributed by atoms with van der Waals surface area (Å²) < 4.78 is 34.1. The predicted molar refractivity (Wildman–Crippen MR) is 148 cm³/mol. The Morgan fingerprint density at radius 3 is 1.90 bits per heavy atom. The molecule has 0 aliphatic rings. The van der Waals surface area contributed by atoms with E-state index in [0.717, 1.165) is 9.36 Å². The molecule has 0 spiro atoms. The molecule has 40 heavy (non-hydrogen) atoms. The third-order valence-electron chi connectivity index (χ3n) is 5.43. The largest absolute Gasteiger partial charge is 0.463 e. The van der Waals surface area contributed by atoms with Crippen LogP contribution in [0.15, 0.2) is 55.0 Å². The van der Waals surface area contributed by atoms with Crippen LogP contribution in [-0.2, 0) is 10.2 Å². The van der Waals surface area contributed by atoms with Gasteiger partial charge in [0.2, 0.25) is 0 Å². The van der Waals surface area contributed by atoms with Crippen molar-refractivity contribution in [3.05, 3.63) is 72.3 Å². The molecule has 2 heterocycles. The van der Waals surface area contributed by atoms with E-state index in [1.54, 1.807) is 32.9 Å². The van der Waals surface area contributed by atoms with Crippen molar-refractivity contribution in [2.75, 3.05) is 11.5 Å². The first-order valence-corrected chi connectivity index (χ1v) is 12.2. The molecule has 5 N–H and O–H groups in total. The fraction of sp³-hybridized carbons (Fsp3) is 0.286. The van der Waals surface area contributed by atoms with Gasteiger partial charge in [0.1, 0.15) is 17.2 Å². The number of ether oxygens (including phenoxy) is 1. The summed E-state index contributed by atoms with van der Waals surface area (Å²) in [5, 5.41) is 17.0. The van der Waals surface area contributed by atoms with Gasteiger partial charge < -0.3 is 21.3 Å². The van der Waals surface area contributed by atoms with Gasteiger partial charge in [0.05, 0.1) is 23.3 Å². The second kappa shape index (κ2) is 11.2. The van der Waals surface area contributed by atoms with Gasteiger partial charge in [0.15, 0.2) is 0 Å². The molecule has 4 aromatic rings. The van der Waals surface area contributed by atoms with Crippen molar-refractivity contribution in [1.29, 1.82) is 0 Å². The molecule has 2 aromatic heterocycles. The Hall–Kier alpha value is -4.74. The van der Waals surface area contributed by atoms with Crippen molar-refractivity contribution < 1.29 is 28.2 Å². The summed E-state index contributed by atoms with van der Waals surface area (Å²) in [7, 11) is 0. The summed E-state index contributed by atoms with van der Waals surface area (Å²) in [6.45, 7) is 11.1. The van der Waals surface area contributed by atoms with Crippen molar-refractivity contribution in [2.24, 2.45) is 0 Å². The van der Waals surface area contributed by atoms with E-state index in [1.165, 1.54) is 42.9 Å². The van der Waals surface area contributed by atoms with Gasteiger partial charge in [-0.05, 0) is 56.2 Å². The van der Waals surface area contributed by atoms with Gasteiger partial charge >= 0.3 is 12.2 Å². The molecular weight excluding hydrogens is 522 g/mol. The molecule has 0 fully saturated rings. The molecule has 212 valence electrons. The van der Waals surface area contributed by atoms with Crippen LogP contribution in [0.3, 0.4) is 0 Å². The van der Waals surface area contributed by atoms with Crippen LogP contribution in [0.1, 0.15) is 47.2 Å². The lowest BCUT2D eigenvalue weighted by atomic mass is 9.87. The molecule has 10 nitrogen and oxygen atoms in total. The number of carbonyl (C=O) groups excluding carboxylic acids is 1. The first kappa shape index (κ1) is 29.8. The summed E-state index contributed by atoms with van der Waals surface area (Å²) in [5.41, 5.74) is 13.0. The lowest BCUT2D eigenvalue weighted by molar-refractivity contribution is 0.0514. The zero-order valence-corrected chi connectivity index (χ0v) is 23.1. The number of hydrogen-bond acceptors (Lipinski definition) is 7. The third-order valence-corrected chi connectivity index (χ3v) is 5.43. The number of halogens is 2. The molecule has 0 bridgehead atoms. The highest BCUT2D eigenvalue weighted by molar-refractivity contribution is 5.74. The van der Waals surface area contributed by atoms with Crippen LogP contribution >= 0.6 is 0 Å². The monoisotopic (exact) mass is 554 g/mol. The van der Waals surface area contributed by atoms with E-state index in [2.05, 4.69) is 10.2 Å². The van der Waals surface area contributed by atoms with Gasteiger partial charge in [-0.15, -0.1) is 0 Å². The normalized spacial score (nSPS) is 11.5. The summed E-state index contributed by atoms with van der Waals surface area (Å²) >= 11 is 0. The number of aromatic nitrogens is 4. The number of hydrogen-bond donors (Lipinski definition) is 3. The average Bonchev–Trinajstić information content (AvgIpc) is 3.50. The predicted octanol–water partition coefficient (Wildman–Crippen LogP) is 6.15. The number of carbonyl (C=O) groups is 2. The van der Waals surface area contributed by atoms with Gasteiger partial charge in [-0.3, -0.25) is 0 Å². The highest BCUT2D eigenvalue weighted by Crippen LogP contribution is 2.33. The van der Waals surface area contributed by atoms with E-state index < -0.39 is 29.4 Å². The number of nitrogens with two attached hydrogens (primary N) is 2. The molecule has 0 unspecified atom stereocenters. The summed E-state index contributed by atoms with van der Waals surface area (Å²) in [5.74, 6) is -1.04. The molecular formula is C28H32F2N6O4. The molecule has 0 aliphatic carbocycles. The first-order chi connectivity index (χ1) is 18.5. The zero-order valence-electron chi connectivity index (χ0n) is 23.1. The molecule has 0 aliphatic heterocycles. The Bertz CT molecular complexity index is 1550. The standard InChI is InChI=1S/2C14H16FN3O2/c1-14(2,3)20-13(19)18-8-10(7-17-18)9-4-5-12(16)11(15)6-9;1-14(2,3)12-9(7-18(17-12)13(19)20)8-4-5-11(16)10(15)6-8/h4-8H,16H2,1-3H3;4-7H,16H2,1-3H3,(H,19,20). The van der Waals surface area contributed by atoms with Crippen molar-refractivity contribution in [3.63, 3.8) is 0 Å². The molecule has 0 saturated heterocycles. The molecule has 2 aromatic carbocycles. The van der Waals surface area contributed by atoms with Crippen LogP contribution in [0, 0.1) is 11.6 Å². The first-order valence-electron chi connectivity index (χ1n) is 12.2. The van der Waals surface area contributed by atoms with Crippen LogP contribution in [-0.4, -0.2) is 42.5 Å². The van der Waals surface area contributed by atoms with Gasteiger partial charge in [0.25, 0.3) is 0 Å². The number of carboxylic acid groups (broad SMARTS) is 1. The molecule has 0 atom stereocenters. The number of rotatable bonds is 2. The fourth-order valence-electron chi connectivity index (χ4n) is 3.52. The molecule has 4 rings (SSSR count). The lowest BCUT2D eigenvalue weighted by Crippen LogP contribution is -2.27. The minimum absolute atomic E-state index is 0.0525. The van der Waals surface area contributed by atoms with Crippen molar-refractivity contribution in [3.8, 4) is 22.3 Å². The minimum Gasteiger partial charge on any atom is -0.463 e. The highest BCUT2D eigenvalue weighted by atomic mass is 19.1. The van der Waals surface area contributed by atoms with Crippen LogP contribution in [0.2, 0.25) is 0 Å². The number of benzene rings is 2. The molecule has 12 heteroatoms. The van der Waals surface area contributed by atoms with E-state index >= 15 is 0 Å². The summed E-state index contributed by atoms with van der Waals surface area (Å²) in [6.07, 6.45) is 2.57. The highest BCUT2D eigenvalue weighted by Gasteiger charge is 2.25. The maximum Gasteiger partial charge on any atom is 0.435 e. The topological polar surface area (TPSA) is 151 Å². The minimum atomic E-state index is -1.18. The van der Waals surface area contributed by atoms with Gasteiger partial charge in [-0.2, -0.15) is 19.6 Å². The average molecular weight is 555 g/mol. The van der Waals surface area contributed by atoms with Crippen LogP contribution < -0.4 is 11.5 Å². The SMILES string of the molecule is CC(C)(C)OC(=O)n1cc(-c2ccc(N)c(F)c2)cn1.CC(C)(C)c1nn(C(=O)O)cc1-c1ccc(N)c(F)c1. The zero-order chi connectivity index (χ0) is 30.0. The Morgan fingerprint density at radius 1 is 0.850 bits per heavy atom. The third kappa shape index (κ3) is 7.22. The Labute approximate surface area is 230 Å². The lowest BCUT2D eigenvalue weighted by Gasteiger charge is -2.18. The van der Waals surface area contributed by atoms with Gasteiger partial charge in [0, 0.05) is 28.9 Å². The van der Waals surface area contributed by atoms with E-state index in [0.29, 0.717) is 27.9 Å². The molecule has 0 saturated carbocycles.